The Morgan fingerprint density at radius 2 is 1.84 bits per heavy atom. The van der Waals surface area contributed by atoms with Gasteiger partial charge in [0.2, 0.25) is 0 Å². The summed E-state index contributed by atoms with van der Waals surface area (Å²) < 4.78 is 52.9. The molecule has 0 bridgehead atoms. The average Bonchev–Trinajstić information content (AvgIpc) is 3.13. The molecule has 0 aromatic heterocycles. The van der Waals surface area contributed by atoms with E-state index in [0.29, 0.717) is 32.6 Å². The maximum absolute atomic E-state index is 14.0. The van der Waals surface area contributed by atoms with Crippen molar-refractivity contribution in [3.8, 4) is 0 Å². The van der Waals surface area contributed by atoms with E-state index in [0.717, 1.165) is 18.2 Å². The first kappa shape index (κ1) is 22.5. The summed E-state index contributed by atoms with van der Waals surface area (Å²) in [5, 5.41) is 3.02. The Balaban J connectivity index is 1.39. The van der Waals surface area contributed by atoms with Crippen LogP contribution in [0.25, 0.3) is 0 Å². The minimum absolute atomic E-state index is 0.00524. The van der Waals surface area contributed by atoms with Gasteiger partial charge in [0.05, 0.1) is 11.1 Å². The van der Waals surface area contributed by atoms with Gasteiger partial charge in [-0.15, -0.1) is 0 Å². The monoisotopic (exact) mass is 469 g/mol. The summed E-state index contributed by atoms with van der Waals surface area (Å²) >= 11 is 5.72. The number of benzene rings is 2. The predicted octanol–water partition coefficient (Wildman–Crippen LogP) is 3.83. The summed E-state index contributed by atoms with van der Waals surface area (Å²) in [5.74, 6) is -1.70. The van der Waals surface area contributed by atoms with E-state index >= 15 is 0 Å². The van der Waals surface area contributed by atoms with E-state index in [1.165, 1.54) is 24.3 Å². The van der Waals surface area contributed by atoms with Gasteiger partial charge in [-0.05, 0) is 42.8 Å². The van der Waals surface area contributed by atoms with Crippen LogP contribution < -0.4 is 5.32 Å². The van der Waals surface area contributed by atoms with E-state index < -0.39 is 29.4 Å². The van der Waals surface area contributed by atoms with Crippen LogP contribution in [0.15, 0.2) is 42.5 Å². The smallest absolute Gasteiger partial charge is 0.348 e. The third kappa shape index (κ3) is 4.73. The van der Waals surface area contributed by atoms with Crippen LogP contribution in [-0.4, -0.2) is 59.9 Å². The Hall–Kier alpha value is -2.65. The molecule has 2 atom stereocenters. The zero-order valence-electron chi connectivity index (χ0n) is 16.8. The minimum Gasteiger partial charge on any atom is -0.348 e. The molecule has 2 aromatic rings. The summed E-state index contributed by atoms with van der Waals surface area (Å²) in [7, 11) is 0. The van der Waals surface area contributed by atoms with Gasteiger partial charge in [0.1, 0.15) is 5.82 Å². The number of carbonyl (C=O) groups excluding carboxylic acids is 2. The maximum atomic E-state index is 14.0. The lowest BCUT2D eigenvalue weighted by molar-refractivity contribution is -0.137. The fourth-order valence-electron chi connectivity index (χ4n) is 4.28. The Morgan fingerprint density at radius 3 is 2.56 bits per heavy atom. The van der Waals surface area contributed by atoms with Gasteiger partial charge in [-0.25, -0.2) is 4.39 Å². The quantitative estimate of drug-likeness (QED) is 0.695. The normalized spacial score (nSPS) is 21.3. The summed E-state index contributed by atoms with van der Waals surface area (Å²) in [4.78, 5) is 28.9. The van der Waals surface area contributed by atoms with Gasteiger partial charge >= 0.3 is 6.18 Å². The van der Waals surface area contributed by atoms with Gasteiger partial charge in [-0.1, -0.05) is 17.7 Å². The Kier molecular flexibility index (Phi) is 6.13. The highest BCUT2D eigenvalue weighted by Gasteiger charge is 2.39. The molecule has 2 aromatic carbocycles. The molecule has 1 N–H and O–H groups in total. The molecule has 0 aliphatic carbocycles. The highest BCUT2D eigenvalue weighted by molar-refractivity contribution is 6.30. The number of piperazine rings is 1. The van der Waals surface area contributed by atoms with Crippen molar-refractivity contribution in [3.05, 3.63) is 70.0 Å². The summed E-state index contributed by atoms with van der Waals surface area (Å²) in [6.45, 7) is 1.81. The fraction of sp³-hybridized carbons (Fsp3) is 0.364. The molecule has 2 fully saturated rings. The number of hydrogen-bond donors (Lipinski definition) is 1. The molecule has 0 radical (unpaired) electrons. The van der Waals surface area contributed by atoms with Crippen LogP contribution in [0.5, 0.6) is 0 Å². The second-order valence-electron chi connectivity index (χ2n) is 8.01. The first-order valence-electron chi connectivity index (χ1n) is 10.1. The van der Waals surface area contributed by atoms with Crippen molar-refractivity contribution in [1.29, 1.82) is 0 Å². The van der Waals surface area contributed by atoms with E-state index in [-0.39, 0.29) is 28.2 Å². The van der Waals surface area contributed by atoms with Crippen LogP contribution >= 0.6 is 11.6 Å². The molecule has 2 saturated heterocycles. The number of nitrogens with one attached hydrogen (secondary N) is 1. The third-order valence-corrected chi connectivity index (χ3v) is 6.09. The molecular formula is C22H20ClF4N3O2. The molecule has 2 aliphatic heterocycles. The van der Waals surface area contributed by atoms with Crippen LogP contribution in [-0.2, 0) is 6.18 Å². The molecular weight excluding hydrogens is 450 g/mol. The number of nitrogens with zero attached hydrogens (tertiary/aromatic N) is 2. The van der Waals surface area contributed by atoms with E-state index in [4.69, 9.17) is 11.6 Å². The van der Waals surface area contributed by atoms with Crippen molar-refractivity contribution < 1.29 is 27.2 Å². The molecule has 2 unspecified atom stereocenters. The van der Waals surface area contributed by atoms with E-state index in [2.05, 4.69) is 10.2 Å². The molecule has 5 nitrogen and oxygen atoms in total. The largest absolute Gasteiger partial charge is 0.416 e. The minimum atomic E-state index is -4.52. The highest BCUT2D eigenvalue weighted by Crippen LogP contribution is 2.30. The van der Waals surface area contributed by atoms with Gasteiger partial charge in [0, 0.05) is 48.8 Å². The van der Waals surface area contributed by atoms with Crippen molar-refractivity contribution >= 4 is 23.4 Å². The lowest BCUT2D eigenvalue weighted by Crippen LogP contribution is -2.52. The molecule has 2 heterocycles. The molecule has 32 heavy (non-hydrogen) atoms. The first-order valence-corrected chi connectivity index (χ1v) is 10.5. The van der Waals surface area contributed by atoms with Crippen LogP contribution in [0.3, 0.4) is 0 Å². The number of fused-ring (bicyclic) bond motifs is 1. The SMILES string of the molecule is O=C(NC1CC2CN(C(=O)c3cccc(C(F)(F)F)c3)CCN2C1)c1ccc(Cl)cc1F. The Bertz CT molecular complexity index is 1050. The number of amides is 2. The van der Waals surface area contributed by atoms with Crippen LogP contribution in [0, 0.1) is 5.82 Å². The molecule has 2 aliphatic rings. The van der Waals surface area contributed by atoms with Crippen molar-refractivity contribution in [2.24, 2.45) is 0 Å². The molecule has 2 amide bonds. The maximum Gasteiger partial charge on any atom is 0.416 e. The van der Waals surface area contributed by atoms with E-state index in [9.17, 15) is 27.2 Å². The summed E-state index contributed by atoms with van der Waals surface area (Å²) in [5.41, 5.74) is -0.963. The van der Waals surface area contributed by atoms with Gasteiger partial charge in [0.25, 0.3) is 11.8 Å². The molecule has 170 valence electrons. The topological polar surface area (TPSA) is 52.7 Å². The highest BCUT2D eigenvalue weighted by atomic mass is 35.5. The van der Waals surface area contributed by atoms with Crippen LogP contribution in [0.2, 0.25) is 5.02 Å². The van der Waals surface area contributed by atoms with Crippen molar-refractivity contribution in [1.82, 2.24) is 15.1 Å². The third-order valence-electron chi connectivity index (χ3n) is 5.85. The summed E-state index contributed by atoms with van der Waals surface area (Å²) in [6, 6.07) is 7.97. The fourth-order valence-corrected chi connectivity index (χ4v) is 4.44. The van der Waals surface area contributed by atoms with E-state index in [1.54, 1.807) is 4.90 Å². The lowest BCUT2D eigenvalue weighted by Gasteiger charge is -2.37. The van der Waals surface area contributed by atoms with Gasteiger partial charge < -0.3 is 10.2 Å². The Labute approximate surface area is 186 Å². The molecule has 0 saturated carbocycles. The van der Waals surface area contributed by atoms with Gasteiger partial charge in [-0.3, -0.25) is 14.5 Å². The van der Waals surface area contributed by atoms with Crippen LogP contribution in [0.1, 0.15) is 32.7 Å². The van der Waals surface area contributed by atoms with Gasteiger partial charge in [-0.2, -0.15) is 13.2 Å². The molecule has 0 spiro atoms. The average molecular weight is 470 g/mol. The number of hydrogen-bond acceptors (Lipinski definition) is 3. The van der Waals surface area contributed by atoms with Gasteiger partial charge in [0.15, 0.2) is 0 Å². The zero-order valence-corrected chi connectivity index (χ0v) is 17.6. The van der Waals surface area contributed by atoms with E-state index in [1.807, 2.05) is 0 Å². The van der Waals surface area contributed by atoms with Crippen LogP contribution in [0.4, 0.5) is 17.6 Å². The second kappa shape index (κ2) is 8.71. The number of rotatable bonds is 3. The first-order chi connectivity index (χ1) is 15.1. The molecule has 4 rings (SSSR count). The number of halogens is 5. The van der Waals surface area contributed by atoms with Crippen molar-refractivity contribution in [3.63, 3.8) is 0 Å². The predicted molar refractivity (Wildman–Crippen MR) is 110 cm³/mol. The standard InChI is InChI=1S/C22H20ClF4N3O2/c23-15-4-5-18(19(24)9-15)20(31)28-16-10-17-12-30(7-6-29(17)11-16)21(32)13-2-1-3-14(8-13)22(25,26)27/h1-5,8-9,16-17H,6-7,10-12H2,(H,28,31). The Morgan fingerprint density at radius 1 is 1.06 bits per heavy atom. The lowest BCUT2D eigenvalue weighted by atomic mass is 10.1. The zero-order chi connectivity index (χ0) is 23.0. The molecule has 10 heteroatoms. The van der Waals surface area contributed by atoms with Crippen molar-refractivity contribution in [2.75, 3.05) is 26.2 Å². The second-order valence-corrected chi connectivity index (χ2v) is 8.45. The summed E-state index contributed by atoms with van der Waals surface area (Å²) in [6.07, 6.45) is -3.97. The van der Waals surface area contributed by atoms with Crippen molar-refractivity contribution in [2.45, 2.75) is 24.7 Å². The number of carbonyl (C=O) groups is 2. The number of alkyl halides is 3.